The Morgan fingerprint density at radius 3 is 2.42 bits per heavy atom. The van der Waals surface area contributed by atoms with Crippen LogP contribution in [0.3, 0.4) is 0 Å². The van der Waals surface area contributed by atoms with Crippen molar-refractivity contribution < 1.29 is 23.7 Å². The highest BCUT2D eigenvalue weighted by molar-refractivity contribution is 6.33. The van der Waals surface area contributed by atoms with Gasteiger partial charge in [0.15, 0.2) is 5.76 Å². The molecular weight excluding hydrogens is 448 g/mol. The number of nitro groups is 1. The van der Waals surface area contributed by atoms with Crippen LogP contribution in [-0.4, -0.2) is 22.9 Å². The average Bonchev–Trinajstić information content (AvgIpc) is 3.30. The molecule has 0 aliphatic heterocycles. The molecule has 4 rings (SSSR count). The fourth-order valence-corrected chi connectivity index (χ4v) is 3.97. The number of nitro benzene ring substituents is 1. The molecule has 9 heteroatoms. The molecule has 0 unspecified atom stereocenters. The molecular formula is C24H21ClN2O6. The lowest BCUT2D eigenvalue weighted by Gasteiger charge is -2.21. The van der Waals surface area contributed by atoms with Crippen molar-refractivity contribution in [3.8, 4) is 11.3 Å². The molecule has 3 aromatic rings. The van der Waals surface area contributed by atoms with Crippen LogP contribution in [0, 0.1) is 10.1 Å². The highest BCUT2D eigenvalue weighted by Crippen LogP contribution is 2.32. The van der Waals surface area contributed by atoms with Crippen molar-refractivity contribution in [1.29, 1.82) is 0 Å². The fraction of sp³-hybridized carbons (Fsp3) is 0.250. The molecule has 0 radical (unpaired) electrons. The molecule has 1 heterocycles. The van der Waals surface area contributed by atoms with Gasteiger partial charge in [0, 0.05) is 23.4 Å². The summed E-state index contributed by atoms with van der Waals surface area (Å²) < 4.78 is 11.1. The van der Waals surface area contributed by atoms with Gasteiger partial charge in [-0.2, -0.15) is 0 Å². The highest BCUT2D eigenvalue weighted by Gasteiger charge is 2.19. The van der Waals surface area contributed by atoms with E-state index in [1.165, 1.54) is 30.7 Å². The summed E-state index contributed by atoms with van der Waals surface area (Å²) in [6.45, 7) is 0. The molecule has 170 valence electrons. The van der Waals surface area contributed by atoms with E-state index in [0.29, 0.717) is 22.6 Å². The van der Waals surface area contributed by atoms with Gasteiger partial charge in [0.2, 0.25) is 0 Å². The number of hydrogen-bond acceptors (Lipinski definition) is 6. The molecule has 0 bridgehead atoms. The third-order valence-electron chi connectivity index (χ3n) is 5.46. The van der Waals surface area contributed by atoms with Gasteiger partial charge in [0.1, 0.15) is 11.9 Å². The number of carbonyl (C=O) groups is 2. The first kappa shape index (κ1) is 22.5. The number of hydrogen-bond donors (Lipinski definition) is 1. The van der Waals surface area contributed by atoms with Gasteiger partial charge in [-0.15, -0.1) is 0 Å². The Hall–Kier alpha value is -3.65. The first-order valence-electron chi connectivity index (χ1n) is 10.6. The van der Waals surface area contributed by atoms with Gasteiger partial charge in [0.25, 0.3) is 11.6 Å². The number of halogens is 1. The maximum absolute atomic E-state index is 12.5. The van der Waals surface area contributed by atoms with Gasteiger partial charge >= 0.3 is 5.97 Å². The topological polar surface area (TPSA) is 112 Å². The van der Waals surface area contributed by atoms with Gasteiger partial charge in [-0.1, -0.05) is 18.0 Å². The second-order valence-electron chi connectivity index (χ2n) is 7.78. The molecule has 0 atom stereocenters. The number of amides is 1. The predicted molar refractivity (Wildman–Crippen MR) is 122 cm³/mol. The van der Waals surface area contributed by atoms with Gasteiger partial charge in [0.05, 0.1) is 15.5 Å². The van der Waals surface area contributed by atoms with Crippen LogP contribution in [0.15, 0.2) is 59.0 Å². The Morgan fingerprint density at radius 2 is 1.76 bits per heavy atom. The summed E-state index contributed by atoms with van der Waals surface area (Å²) in [7, 11) is 0. The summed E-state index contributed by atoms with van der Waals surface area (Å²) in [5.41, 5.74) is 1.20. The van der Waals surface area contributed by atoms with E-state index in [9.17, 15) is 19.7 Å². The van der Waals surface area contributed by atoms with Gasteiger partial charge in [-0.05, 0) is 68.1 Å². The lowest BCUT2D eigenvalue weighted by Crippen LogP contribution is -2.20. The average molecular weight is 469 g/mol. The minimum absolute atomic E-state index is 0.0250. The summed E-state index contributed by atoms with van der Waals surface area (Å²) in [6.07, 6.45) is 5.11. The van der Waals surface area contributed by atoms with Crippen LogP contribution in [0.4, 0.5) is 11.4 Å². The molecule has 1 amide bonds. The summed E-state index contributed by atoms with van der Waals surface area (Å²) in [5.74, 6) is -0.506. The largest absolute Gasteiger partial charge is 0.459 e. The third kappa shape index (κ3) is 5.40. The van der Waals surface area contributed by atoms with Crippen LogP contribution in [0.1, 0.15) is 53.0 Å². The minimum atomic E-state index is -0.544. The Kier molecular flexibility index (Phi) is 6.74. The number of carbonyl (C=O) groups excluding carboxylic acids is 2. The number of anilines is 1. The van der Waals surface area contributed by atoms with Crippen molar-refractivity contribution in [1.82, 2.24) is 0 Å². The highest BCUT2D eigenvalue weighted by atomic mass is 35.5. The number of nitrogens with zero attached hydrogens (tertiary/aromatic N) is 1. The molecule has 1 aliphatic carbocycles. The van der Waals surface area contributed by atoms with E-state index in [-0.39, 0.29) is 28.5 Å². The number of non-ortho nitro benzene ring substituents is 1. The summed E-state index contributed by atoms with van der Waals surface area (Å²) in [5, 5.41) is 13.7. The normalized spacial score (nSPS) is 14.0. The molecule has 1 fully saturated rings. The van der Waals surface area contributed by atoms with E-state index in [0.717, 1.165) is 25.7 Å². The SMILES string of the molecule is O=C(OC1CCCCC1)c1ccc(NC(=O)c2ccc(-c3ccc([N+](=O)[O-])cc3Cl)o2)cc1. The zero-order chi connectivity index (χ0) is 23.4. The van der Waals surface area contributed by atoms with E-state index < -0.39 is 10.8 Å². The van der Waals surface area contributed by atoms with Crippen molar-refractivity contribution in [2.24, 2.45) is 0 Å². The van der Waals surface area contributed by atoms with Crippen LogP contribution in [0.25, 0.3) is 11.3 Å². The first-order chi connectivity index (χ1) is 15.9. The maximum Gasteiger partial charge on any atom is 0.338 e. The van der Waals surface area contributed by atoms with Crippen LogP contribution < -0.4 is 5.32 Å². The quantitative estimate of drug-likeness (QED) is 0.260. The molecule has 8 nitrogen and oxygen atoms in total. The van der Waals surface area contributed by atoms with Gasteiger partial charge in [-0.3, -0.25) is 14.9 Å². The zero-order valence-electron chi connectivity index (χ0n) is 17.6. The van der Waals surface area contributed by atoms with Crippen molar-refractivity contribution in [2.45, 2.75) is 38.2 Å². The van der Waals surface area contributed by atoms with E-state index in [2.05, 4.69) is 5.32 Å². The zero-order valence-corrected chi connectivity index (χ0v) is 18.3. The number of furan rings is 1. The summed E-state index contributed by atoms with van der Waals surface area (Å²) >= 11 is 6.13. The van der Waals surface area contributed by atoms with Gasteiger partial charge in [-0.25, -0.2) is 4.79 Å². The fourth-order valence-electron chi connectivity index (χ4n) is 3.71. The van der Waals surface area contributed by atoms with Crippen LogP contribution in [-0.2, 0) is 4.74 Å². The van der Waals surface area contributed by atoms with Crippen molar-refractivity contribution in [3.63, 3.8) is 0 Å². The Balaban J connectivity index is 1.39. The first-order valence-corrected chi connectivity index (χ1v) is 10.9. The monoisotopic (exact) mass is 468 g/mol. The summed E-state index contributed by atoms with van der Waals surface area (Å²) in [4.78, 5) is 35.2. The molecule has 1 aromatic heterocycles. The van der Waals surface area contributed by atoms with Crippen LogP contribution in [0.5, 0.6) is 0 Å². The van der Waals surface area contributed by atoms with Crippen molar-refractivity contribution in [3.05, 3.63) is 81.1 Å². The smallest absolute Gasteiger partial charge is 0.338 e. The standard InChI is InChI=1S/C24H21ClN2O6/c25-20-14-17(27(30)31)10-11-19(20)21-12-13-22(33-21)23(28)26-16-8-6-15(7-9-16)24(29)32-18-4-2-1-3-5-18/h6-14,18H,1-5H2,(H,26,28). The maximum atomic E-state index is 12.5. The Morgan fingerprint density at radius 1 is 1.03 bits per heavy atom. The van der Waals surface area contributed by atoms with Crippen LogP contribution in [0.2, 0.25) is 5.02 Å². The lowest BCUT2D eigenvalue weighted by molar-refractivity contribution is -0.384. The minimum Gasteiger partial charge on any atom is -0.459 e. The van der Waals surface area contributed by atoms with E-state index in [1.54, 1.807) is 30.3 Å². The van der Waals surface area contributed by atoms with Crippen molar-refractivity contribution >= 4 is 34.9 Å². The predicted octanol–water partition coefficient (Wildman–Crippen LogP) is 6.25. The second-order valence-corrected chi connectivity index (χ2v) is 8.19. The molecule has 1 N–H and O–H groups in total. The lowest BCUT2D eigenvalue weighted by atomic mass is 9.98. The molecule has 0 spiro atoms. The molecule has 2 aromatic carbocycles. The number of rotatable bonds is 6. The number of esters is 1. The number of benzene rings is 2. The molecule has 1 saturated carbocycles. The number of nitrogens with one attached hydrogen (secondary N) is 1. The number of ether oxygens (including phenoxy) is 1. The van der Waals surface area contributed by atoms with E-state index >= 15 is 0 Å². The van der Waals surface area contributed by atoms with E-state index in [1.807, 2.05) is 0 Å². The Labute approximate surface area is 194 Å². The molecule has 1 aliphatic rings. The third-order valence-corrected chi connectivity index (χ3v) is 5.78. The van der Waals surface area contributed by atoms with Gasteiger partial charge < -0.3 is 14.5 Å². The second kappa shape index (κ2) is 9.87. The summed E-state index contributed by atoms with van der Waals surface area (Å²) in [6, 6.07) is 13.5. The Bertz CT molecular complexity index is 1180. The molecule has 0 saturated heterocycles. The molecule has 33 heavy (non-hydrogen) atoms. The van der Waals surface area contributed by atoms with Crippen LogP contribution >= 0.6 is 11.6 Å². The van der Waals surface area contributed by atoms with Crippen molar-refractivity contribution in [2.75, 3.05) is 5.32 Å². The van der Waals surface area contributed by atoms with E-state index in [4.69, 9.17) is 20.8 Å².